The number of hydrogen-bond acceptors (Lipinski definition) is 1. The number of benzene rings is 3. The molecule has 2 nitrogen and oxygen atoms in total. The maximum absolute atomic E-state index is 12.5. The Bertz CT molecular complexity index is 1010. The number of rotatable bonds is 3. The molecule has 4 aromatic rings. The van der Waals surface area contributed by atoms with E-state index in [-0.39, 0.29) is 5.78 Å². The predicted octanol–water partition coefficient (Wildman–Crippen LogP) is 5.37. The summed E-state index contributed by atoms with van der Waals surface area (Å²) in [5.74, 6) is 0.0535. The Morgan fingerprint density at radius 3 is 2.12 bits per heavy atom. The lowest BCUT2D eigenvalue weighted by molar-refractivity contribution is 0.103. The van der Waals surface area contributed by atoms with Gasteiger partial charge < -0.3 is 4.98 Å². The van der Waals surface area contributed by atoms with Gasteiger partial charge in [-0.2, -0.15) is 0 Å². The van der Waals surface area contributed by atoms with E-state index < -0.39 is 0 Å². The van der Waals surface area contributed by atoms with Crippen LogP contribution in [0.1, 0.15) is 21.6 Å². The number of aromatic amines is 1. The molecule has 0 amide bonds. The summed E-state index contributed by atoms with van der Waals surface area (Å²) in [4.78, 5) is 15.9. The zero-order chi connectivity index (χ0) is 16.5. The highest BCUT2D eigenvalue weighted by atomic mass is 16.1. The summed E-state index contributed by atoms with van der Waals surface area (Å²) in [6.45, 7) is 2.08. The first-order valence-corrected chi connectivity index (χ1v) is 8.01. The molecule has 1 heterocycles. The van der Waals surface area contributed by atoms with Crippen LogP contribution in [0.3, 0.4) is 0 Å². The lowest BCUT2D eigenvalue weighted by Gasteiger charge is -2.05. The largest absolute Gasteiger partial charge is 0.358 e. The second-order valence-corrected chi connectivity index (χ2v) is 5.94. The third kappa shape index (κ3) is 2.42. The molecule has 0 aliphatic carbocycles. The number of carbonyl (C=O) groups excluding carboxylic acids is 1. The molecule has 116 valence electrons. The number of ketones is 1. The second-order valence-electron chi connectivity index (χ2n) is 5.94. The number of fused-ring (bicyclic) bond motifs is 1. The fraction of sp³-hybridized carbons (Fsp3) is 0.0455. The summed E-state index contributed by atoms with van der Waals surface area (Å²) in [5.41, 5.74) is 6.02. The minimum absolute atomic E-state index is 0.0535. The molecule has 0 aliphatic heterocycles. The average molecular weight is 311 g/mol. The quantitative estimate of drug-likeness (QED) is 0.507. The number of hydrogen-bond donors (Lipinski definition) is 1. The Labute approximate surface area is 140 Å². The highest BCUT2D eigenvalue weighted by Crippen LogP contribution is 2.32. The molecule has 0 aliphatic rings. The molecule has 3 aromatic carbocycles. The summed E-state index contributed by atoms with van der Waals surface area (Å²) in [6.07, 6.45) is 0. The number of nitrogens with one attached hydrogen (secondary N) is 1. The standard InChI is InChI=1S/C22H17NO/c1-15-21(19-9-5-6-10-20(19)23-15)16-11-13-18(14-12-16)22(24)17-7-3-2-4-8-17/h2-14,23H,1H3. The van der Waals surface area contributed by atoms with E-state index >= 15 is 0 Å². The minimum Gasteiger partial charge on any atom is -0.358 e. The van der Waals surface area contributed by atoms with E-state index in [1.165, 1.54) is 10.9 Å². The first kappa shape index (κ1) is 14.5. The zero-order valence-corrected chi connectivity index (χ0v) is 13.4. The van der Waals surface area contributed by atoms with E-state index in [1.54, 1.807) is 0 Å². The summed E-state index contributed by atoms with van der Waals surface area (Å²) >= 11 is 0. The van der Waals surface area contributed by atoms with Crippen LogP contribution in [0.15, 0.2) is 78.9 Å². The number of carbonyl (C=O) groups is 1. The minimum atomic E-state index is 0.0535. The monoisotopic (exact) mass is 311 g/mol. The lowest BCUT2D eigenvalue weighted by Crippen LogP contribution is -2.00. The van der Waals surface area contributed by atoms with Gasteiger partial charge >= 0.3 is 0 Å². The Hall–Kier alpha value is -3.13. The molecule has 2 heteroatoms. The highest BCUT2D eigenvalue weighted by Gasteiger charge is 2.12. The van der Waals surface area contributed by atoms with Gasteiger partial charge in [0.25, 0.3) is 0 Å². The average Bonchev–Trinajstić information content (AvgIpc) is 2.98. The van der Waals surface area contributed by atoms with E-state index in [4.69, 9.17) is 0 Å². The van der Waals surface area contributed by atoms with Crippen LogP contribution < -0.4 is 0 Å². The molecule has 1 N–H and O–H groups in total. The SMILES string of the molecule is Cc1[nH]c2ccccc2c1-c1ccc(C(=O)c2ccccc2)cc1. The van der Waals surface area contributed by atoms with Crippen molar-refractivity contribution >= 4 is 16.7 Å². The van der Waals surface area contributed by atoms with Gasteiger partial charge in [0.05, 0.1) is 0 Å². The third-order valence-corrected chi connectivity index (χ3v) is 4.37. The van der Waals surface area contributed by atoms with Gasteiger partial charge in [0.15, 0.2) is 5.78 Å². The van der Waals surface area contributed by atoms with E-state index in [1.807, 2.05) is 66.7 Å². The van der Waals surface area contributed by atoms with Crippen molar-refractivity contribution in [3.05, 3.63) is 95.7 Å². The van der Waals surface area contributed by atoms with Crippen LogP contribution in [0.5, 0.6) is 0 Å². The van der Waals surface area contributed by atoms with Crippen molar-refractivity contribution < 1.29 is 4.79 Å². The summed E-state index contributed by atoms with van der Waals surface area (Å²) in [7, 11) is 0. The molecule has 0 atom stereocenters. The molecule has 0 spiro atoms. The third-order valence-electron chi connectivity index (χ3n) is 4.37. The number of H-pyrrole nitrogens is 1. The van der Waals surface area contributed by atoms with Crippen molar-refractivity contribution in [1.29, 1.82) is 0 Å². The zero-order valence-electron chi connectivity index (χ0n) is 13.4. The Kier molecular flexibility index (Phi) is 3.51. The van der Waals surface area contributed by atoms with Crippen molar-refractivity contribution in [2.24, 2.45) is 0 Å². The summed E-state index contributed by atoms with van der Waals surface area (Å²) in [6, 6.07) is 25.5. The maximum Gasteiger partial charge on any atom is 0.193 e. The number of para-hydroxylation sites is 1. The van der Waals surface area contributed by atoms with Crippen molar-refractivity contribution in [3.63, 3.8) is 0 Å². The van der Waals surface area contributed by atoms with E-state index in [0.29, 0.717) is 11.1 Å². The molecule has 0 unspecified atom stereocenters. The molecule has 0 radical (unpaired) electrons. The molecule has 1 aromatic heterocycles. The topological polar surface area (TPSA) is 32.9 Å². The van der Waals surface area contributed by atoms with Gasteiger partial charge in [-0.1, -0.05) is 72.8 Å². The van der Waals surface area contributed by atoms with Crippen molar-refractivity contribution in [3.8, 4) is 11.1 Å². The summed E-state index contributed by atoms with van der Waals surface area (Å²) < 4.78 is 0. The van der Waals surface area contributed by atoms with Gasteiger partial charge in [0.1, 0.15) is 0 Å². The predicted molar refractivity (Wildman–Crippen MR) is 98.3 cm³/mol. The van der Waals surface area contributed by atoms with Gasteiger partial charge in [-0.25, -0.2) is 0 Å². The maximum atomic E-state index is 12.5. The van der Waals surface area contributed by atoms with E-state index in [9.17, 15) is 4.79 Å². The lowest BCUT2D eigenvalue weighted by atomic mass is 9.98. The molecule has 0 saturated heterocycles. The van der Waals surface area contributed by atoms with Crippen LogP contribution >= 0.6 is 0 Å². The smallest absolute Gasteiger partial charge is 0.193 e. The highest BCUT2D eigenvalue weighted by molar-refractivity contribution is 6.09. The first-order chi connectivity index (χ1) is 11.7. The van der Waals surface area contributed by atoms with E-state index in [2.05, 4.69) is 24.0 Å². The van der Waals surface area contributed by atoms with Crippen molar-refractivity contribution in [2.45, 2.75) is 6.92 Å². The first-order valence-electron chi connectivity index (χ1n) is 8.01. The number of aryl methyl sites for hydroxylation is 1. The van der Waals surface area contributed by atoms with Gasteiger partial charge in [0.2, 0.25) is 0 Å². The number of aromatic nitrogens is 1. The van der Waals surface area contributed by atoms with Crippen LogP contribution in [0.25, 0.3) is 22.0 Å². The molecular weight excluding hydrogens is 294 g/mol. The molecule has 4 rings (SSSR count). The fourth-order valence-electron chi connectivity index (χ4n) is 3.19. The van der Waals surface area contributed by atoms with Crippen molar-refractivity contribution in [2.75, 3.05) is 0 Å². The van der Waals surface area contributed by atoms with Crippen LogP contribution in [0.2, 0.25) is 0 Å². The fourth-order valence-corrected chi connectivity index (χ4v) is 3.19. The molecule has 0 saturated carbocycles. The van der Waals surface area contributed by atoms with Crippen LogP contribution in [0, 0.1) is 6.92 Å². The Balaban J connectivity index is 1.74. The van der Waals surface area contributed by atoms with Gasteiger partial charge in [0, 0.05) is 33.3 Å². The summed E-state index contributed by atoms with van der Waals surface area (Å²) in [5, 5.41) is 1.21. The van der Waals surface area contributed by atoms with Crippen LogP contribution in [-0.2, 0) is 0 Å². The van der Waals surface area contributed by atoms with Gasteiger partial charge in [-0.3, -0.25) is 4.79 Å². The molecule has 0 fully saturated rings. The Morgan fingerprint density at radius 1 is 0.750 bits per heavy atom. The molecule has 0 bridgehead atoms. The van der Waals surface area contributed by atoms with Crippen molar-refractivity contribution in [1.82, 2.24) is 4.98 Å². The van der Waals surface area contributed by atoms with Crippen LogP contribution in [0.4, 0.5) is 0 Å². The van der Waals surface area contributed by atoms with E-state index in [0.717, 1.165) is 16.8 Å². The van der Waals surface area contributed by atoms with Crippen LogP contribution in [-0.4, -0.2) is 10.8 Å². The normalized spacial score (nSPS) is 10.9. The molecule has 24 heavy (non-hydrogen) atoms. The second kappa shape index (κ2) is 5.82. The Morgan fingerprint density at radius 2 is 1.38 bits per heavy atom. The van der Waals surface area contributed by atoms with Gasteiger partial charge in [-0.15, -0.1) is 0 Å². The van der Waals surface area contributed by atoms with Gasteiger partial charge in [-0.05, 0) is 18.6 Å². The molecular formula is C22H17NO.